The van der Waals surface area contributed by atoms with Gasteiger partial charge in [-0.15, -0.1) is 5.10 Å². The van der Waals surface area contributed by atoms with Crippen molar-refractivity contribution < 1.29 is 0 Å². The first-order valence-corrected chi connectivity index (χ1v) is 10.3. The highest BCUT2D eigenvalue weighted by Crippen LogP contribution is 2.34. The van der Waals surface area contributed by atoms with Crippen LogP contribution in [0.5, 0.6) is 0 Å². The highest BCUT2D eigenvalue weighted by atomic mass is 16.1. The lowest BCUT2D eigenvalue weighted by Gasteiger charge is -2.25. The molecule has 1 aliphatic carbocycles. The van der Waals surface area contributed by atoms with Crippen molar-refractivity contribution in [1.82, 2.24) is 24.3 Å². The van der Waals surface area contributed by atoms with Crippen LogP contribution < -0.4 is 11.3 Å². The topological polar surface area (TPSA) is 91.6 Å². The first-order chi connectivity index (χ1) is 14.6. The van der Waals surface area contributed by atoms with Crippen molar-refractivity contribution in [2.24, 2.45) is 12.8 Å². The van der Waals surface area contributed by atoms with E-state index in [4.69, 9.17) is 15.8 Å². The standard InChI is InChI=1S/C23H24N6O/c1-28-19-8-3-2-6-17(19)20(14-21(28)30)29-23(15-9-11-16(24)12-10-15)26-22(27-29)18-7-4-5-13-25-18/h2-8,13-16H,9-12,24H2,1H3. The van der Waals surface area contributed by atoms with Crippen molar-refractivity contribution >= 4 is 10.9 Å². The number of pyridine rings is 2. The first kappa shape index (κ1) is 18.7. The largest absolute Gasteiger partial charge is 0.328 e. The molecule has 0 amide bonds. The van der Waals surface area contributed by atoms with Crippen LogP contribution >= 0.6 is 0 Å². The van der Waals surface area contributed by atoms with Crippen molar-refractivity contribution in [3.05, 3.63) is 70.9 Å². The number of rotatable bonds is 3. The lowest BCUT2D eigenvalue weighted by molar-refractivity contribution is 0.381. The van der Waals surface area contributed by atoms with Crippen molar-refractivity contribution in [2.45, 2.75) is 37.6 Å². The Morgan fingerprint density at radius 1 is 1.03 bits per heavy atom. The maximum atomic E-state index is 12.7. The van der Waals surface area contributed by atoms with Gasteiger partial charge < -0.3 is 10.3 Å². The van der Waals surface area contributed by atoms with Crippen molar-refractivity contribution in [3.63, 3.8) is 0 Å². The fourth-order valence-corrected chi connectivity index (χ4v) is 4.31. The Bertz CT molecular complexity index is 1250. The van der Waals surface area contributed by atoms with E-state index in [9.17, 15) is 4.79 Å². The van der Waals surface area contributed by atoms with Crippen molar-refractivity contribution in [3.8, 4) is 17.2 Å². The summed E-state index contributed by atoms with van der Waals surface area (Å²) in [5, 5.41) is 5.79. The summed E-state index contributed by atoms with van der Waals surface area (Å²) in [7, 11) is 1.79. The third-order valence-corrected chi connectivity index (χ3v) is 6.02. The molecule has 0 unspecified atom stereocenters. The second kappa shape index (κ2) is 7.50. The molecule has 4 aromatic rings. The summed E-state index contributed by atoms with van der Waals surface area (Å²) in [6.45, 7) is 0. The minimum Gasteiger partial charge on any atom is -0.328 e. The average molecular weight is 400 g/mol. The summed E-state index contributed by atoms with van der Waals surface area (Å²) >= 11 is 0. The Kier molecular flexibility index (Phi) is 4.67. The highest BCUT2D eigenvalue weighted by molar-refractivity contribution is 5.87. The Morgan fingerprint density at radius 2 is 1.80 bits per heavy atom. The molecule has 1 saturated carbocycles. The van der Waals surface area contributed by atoms with Gasteiger partial charge in [0.05, 0.1) is 11.2 Å². The second-order valence-corrected chi connectivity index (χ2v) is 7.98. The minimum absolute atomic E-state index is 0.0739. The van der Waals surface area contributed by atoms with E-state index in [2.05, 4.69) is 4.98 Å². The zero-order valence-corrected chi connectivity index (χ0v) is 16.9. The molecule has 2 N–H and O–H groups in total. The predicted molar refractivity (Wildman–Crippen MR) is 117 cm³/mol. The Labute approximate surface area is 174 Å². The fourth-order valence-electron chi connectivity index (χ4n) is 4.31. The monoisotopic (exact) mass is 400 g/mol. The van der Waals surface area contributed by atoms with Gasteiger partial charge in [-0.05, 0) is 43.9 Å². The van der Waals surface area contributed by atoms with Gasteiger partial charge in [0, 0.05) is 36.7 Å². The van der Waals surface area contributed by atoms with E-state index in [-0.39, 0.29) is 17.5 Å². The van der Waals surface area contributed by atoms with Gasteiger partial charge in [-0.25, -0.2) is 9.67 Å². The number of aromatic nitrogens is 5. The molecule has 1 fully saturated rings. The Hall–Kier alpha value is -3.32. The van der Waals surface area contributed by atoms with Gasteiger partial charge in [0.1, 0.15) is 11.5 Å². The molecular formula is C23H24N6O. The molecule has 0 radical (unpaired) electrons. The van der Waals surface area contributed by atoms with Crippen molar-refractivity contribution in [2.75, 3.05) is 0 Å². The van der Waals surface area contributed by atoms with Gasteiger partial charge in [-0.3, -0.25) is 9.78 Å². The average Bonchev–Trinajstić information content (AvgIpc) is 3.23. The minimum atomic E-state index is -0.0739. The summed E-state index contributed by atoms with van der Waals surface area (Å²) in [5.74, 6) is 1.70. The Balaban J connectivity index is 1.73. The zero-order chi connectivity index (χ0) is 20.7. The van der Waals surface area contributed by atoms with Gasteiger partial charge in [0.25, 0.3) is 5.56 Å². The molecule has 30 heavy (non-hydrogen) atoms. The third-order valence-electron chi connectivity index (χ3n) is 6.02. The van der Waals surface area contributed by atoms with Gasteiger partial charge in [-0.2, -0.15) is 0 Å². The van der Waals surface area contributed by atoms with Crippen LogP contribution in [0.1, 0.15) is 37.4 Å². The van der Waals surface area contributed by atoms with E-state index in [1.54, 1.807) is 23.9 Å². The SMILES string of the molecule is Cn1c(=O)cc(-n2nc(-c3ccccn3)nc2C2CCC(N)CC2)c2ccccc21. The van der Waals surface area contributed by atoms with E-state index in [1.807, 2.05) is 47.1 Å². The van der Waals surface area contributed by atoms with Crippen LogP contribution in [0.2, 0.25) is 0 Å². The molecule has 1 aromatic carbocycles. The van der Waals surface area contributed by atoms with Gasteiger partial charge in [0.2, 0.25) is 0 Å². The smallest absolute Gasteiger partial charge is 0.252 e. The zero-order valence-electron chi connectivity index (χ0n) is 16.9. The molecule has 152 valence electrons. The van der Waals surface area contributed by atoms with Crippen LogP contribution in [0.15, 0.2) is 59.5 Å². The summed E-state index contributed by atoms with van der Waals surface area (Å²) in [5.41, 5.74) is 8.41. The van der Waals surface area contributed by atoms with Crippen LogP contribution in [0.4, 0.5) is 0 Å². The molecule has 0 spiro atoms. The lowest BCUT2D eigenvalue weighted by atomic mass is 9.86. The number of nitrogens with two attached hydrogens (primary N) is 1. The number of para-hydroxylation sites is 1. The number of aryl methyl sites for hydroxylation is 1. The first-order valence-electron chi connectivity index (χ1n) is 10.3. The summed E-state index contributed by atoms with van der Waals surface area (Å²) in [6.07, 6.45) is 5.60. The summed E-state index contributed by atoms with van der Waals surface area (Å²) in [4.78, 5) is 22.0. The Morgan fingerprint density at radius 3 is 2.57 bits per heavy atom. The third kappa shape index (κ3) is 3.21. The van der Waals surface area contributed by atoms with Crippen LogP contribution in [0.3, 0.4) is 0 Å². The molecule has 0 aliphatic heterocycles. The maximum Gasteiger partial charge on any atom is 0.252 e. The molecule has 5 rings (SSSR count). The van der Waals surface area contributed by atoms with Crippen LogP contribution in [-0.2, 0) is 7.05 Å². The lowest BCUT2D eigenvalue weighted by Crippen LogP contribution is -2.27. The van der Waals surface area contributed by atoms with Crippen molar-refractivity contribution in [1.29, 1.82) is 0 Å². The summed E-state index contributed by atoms with van der Waals surface area (Å²) < 4.78 is 3.52. The summed E-state index contributed by atoms with van der Waals surface area (Å²) in [6, 6.07) is 15.5. The number of hydrogen-bond donors (Lipinski definition) is 1. The molecule has 3 aromatic heterocycles. The molecule has 3 heterocycles. The molecule has 0 bridgehead atoms. The van der Waals surface area contributed by atoms with E-state index < -0.39 is 0 Å². The van der Waals surface area contributed by atoms with E-state index >= 15 is 0 Å². The van der Waals surface area contributed by atoms with Gasteiger partial charge in [0.15, 0.2) is 5.82 Å². The molecule has 0 saturated heterocycles. The second-order valence-electron chi connectivity index (χ2n) is 7.98. The van der Waals surface area contributed by atoms with E-state index in [0.717, 1.165) is 53.8 Å². The van der Waals surface area contributed by atoms with E-state index in [1.165, 1.54) is 0 Å². The van der Waals surface area contributed by atoms with Gasteiger partial charge in [-0.1, -0.05) is 24.3 Å². The van der Waals surface area contributed by atoms with Crippen LogP contribution in [0.25, 0.3) is 28.1 Å². The molecule has 0 atom stereocenters. The number of benzene rings is 1. The quantitative estimate of drug-likeness (QED) is 0.570. The van der Waals surface area contributed by atoms with Crippen LogP contribution in [0, 0.1) is 0 Å². The molecular weight excluding hydrogens is 376 g/mol. The number of fused-ring (bicyclic) bond motifs is 1. The molecule has 7 heteroatoms. The number of nitrogens with zero attached hydrogens (tertiary/aromatic N) is 5. The molecule has 7 nitrogen and oxygen atoms in total. The van der Waals surface area contributed by atoms with Gasteiger partial charge >= 0.3 is 0 Å². The maximum absolute atomic E-state index is 12.7. The highest BCUT2D eigenvalue weighted by Gasteiger charge is 2.27. The number of hydrogen-bond acceptors (Lipinski definition) is 5. The van der Waals surface area contributed by atoms with Crippen LogP contribution in [-0.4, -0.2) is 30.4 Å². The van der Waals surface area contributed by atoms with E-state index in [0.29, 0.717) is 5.82 Å². The fraction of sp³-hybridized carbons (Fsp3) is 0.304. The molecule has 1 aliphatic rings. The normalized spacial score (nSPS) is 19.3. The predicted octanol–water partition coefficient (Wildman–Crippen LogP) is 3.17.